The molecule has 0 saturated carbocycles. The molecule has 0 aliphatic carbocycles. The normalized spacial score (nSPS) is 10.1. The first-order valence-electron chi connectivity index (χ1n) is 5.22. The maximum absolute atomic E-state index is 11.3. The molecule has 1 amide bonds. The van der Waals surface area contributed by atoms with Crippen molar-refractivity contribution in [1.82, 2.24) is 5.32 Å². The summed E-state index contributed by atoms with van der Waals surface area (Å²) in [4.78, 5) is 23.1. The lowest BCUT2D eigenvalue weighted by atomic mass is 10.2. The van der Waals surface area contributed by atoms with Crippen LogP contribution < -0.4 is 5.32 Å². The van der Waals surface area contributed by atoms with Crippen molar-refractivity contribution < 1.29 is 14.7 Å². The van der Waals surface area contributed by atoms with Gasteiger partial charge in [-0.25, -0.2) is 4.79 Å². The zero-order valence-corrected chi connectivity index (χ0v) is 9.97. The van der Waals surface area contributed by atoms with E-state index in [9.17, 15) is 9.59 Å². The number of carbonyl (C=O) groups excluding carboxylic acids is 1. The molecule has 0 atom stereocenters. The third-order valence-corrected chi connectivity index (χ3v) is 3.16. The van der Waals surface area contributed by atoms with Crippen LogP contribution >= 0.6 is 11.3 Å². The van der Waals surface area contributed by atoms with Crippen molar-refractivity contribution in [3.05, 3.63) is 21.9 Å². The highest BCUT2D eigenvalue weighted by Gasteiger charge is 2.07. The number of amides is 1. The molecule has 0 bridgehead atoms. The first-order chi connectivity index (χ1) is 7.63. The van der Waals surface area contributed by atoms with Gasteiger partial charge in [-0.05, 0) is 18.6 Å². The number of hydrogen-bond acceptors (Lipinski definition) is 3. The summed E-state index contributed by atoms with van der Waals surface area (Å²) in [7, 11) is 0. The minimum atomic E-state index is -0.923. The van der Waals surface area contributed by atoms with E-state index in [4.69, 9.17) is 5.11 Å². The van der Waals surface area contributed by atoms with Gasteiger partial charge >= 0.3 is 5.97 Å². The second-order valence-electron chi connectivity index (χ2n) is 3.45. The van der Waals surface area contributed by atoms with Gasteiger partial charge in [0.25, 0.3) is 0 Å². The van der Waals surface area contributed by atoms with Crippen molar-refractivity contribution in [2.45, 2.75) is 32.7 Å². The third-order valence-electron chi connectivity index (χ3n) is 2.09. The molecule has 0 unspecified atom stereocenters. The van der Waals surface area contributed by atoms with Crippen LogP contribution in [0.3, 0.4) is 0 Å². The number of aromatic carboxylic acids is 1. The average molecular weight is 241 g/mol. The molecule has 0 aliphatic rings. The summed E-state index contributed by atoms with van der Waals surface area (Å²) in [5.74, 6) is -0.902. The van der Waals surface area contributed by atoms with Gasteiger partial charge in [-0.3, -0.25) is 4.79 Å². The fraction of sp³-hybridized carbons (Fsp3) is 0.455. The Balaban J connectivity index is 2.36. The summed E-state index contributed by atoms with van der Waals surface area (Å²) < 4.78 is 0. The van der Waals surface area contributed by atoms with Gasteiger partial charge in [0.15, 0.2) is 0 Å². The number of carboxylic acids is 1. The van der Waals surface area contributed by atoms with Gasteiger partial charge in [0.2, 0.25) is 5.91 Å². The monoisotopic (exact) mass is 241 g/mol. The Morgan fingerprint density at radius 2 is 2.19 bits per heavy atom. The predicted molar refractivity (Wildman–Crippen MR) is 62.7 cm³/mol. The summed E-state index contributed by atoms with van der Waals surface area (Å²) in [6, 6.07) is 3.29. The topological polar surface area (TPSA) is 66.4 Å². The zero-order valence-electron chi connectivity index (χ0n) is 9.16. The Bertz CT molecular complexity index is 373. The van der Waals surface area contributed by atoms with Crippen LogP contribution in [0.5, 0.6) is 0 Å². The van der Waals surface area contributed by atoms with Gasteiger partial charge in [0.05, 0.1) is 6.54 Å². The van der Waals surface area contributed by atoms with Crippen molar-refractivity contribution in [1.29, 1.82) is 0 Å². The molecule has 1 aromatic heterocycles. The molecule has 0 saturated heterocycles. The Kier molecular flexibility index (Phi) is 4.98. The highest BCUT2D eigenvalue weighted by molar-refractivity contribution is 7.13. The van der Waals surface area contributed by atoms with E-state index >= 15 is 0 Å². The Labute approximate surface area is 98.3 Å². The van der Waals surface area contributed by atoms with Crippen LogP contribution in [-0.2, 0) is 11.3 Å². The lowest BCUT2D eigenvalue weighted by Gasteiger charge is -2.01. The SMILES string of the molecule is CCCCC(=O)NCc1ccc(C(=O)O)s1. The summed E-state index contributed by atoms with van der Waals surface area (Å²) in [5, 5.41) is 11.5. The van der Waals surface area contributed by atoms with E-state index in [1.165, 1.54) is 11.3 Å². The van der Waals surface area contributed by atoms with E-state index in [2.05, 4.69) is 5.32 Å². The maximum atomic E-state index is 11.3. The third kappa shape index (κ3) is 4.02. The van der Waals surface area contributed by atoms with E-state index in [1.807, 2.05) is 6.92 Å². The van der Waals surface area contributed by atoms with Gasteiger partial charge in [-0.1, -0.05) is 13.3 Å². The molecule has 0 aromatic carbocycles. The van der Waals surface area contributed by atoms with Crippen molar-refractivity contribution in [3.8, 4) is 0 Å². The lowest BCUT2D eigenvalue weighted by molar-refractivity contribution is -0.121. The van der Waals surface area contributed by atoms with Gasteiger partial charge in [0.1, 0.15) is 4.88 Å². The molecule has 88 valence electrons. The van der Waals surface area contributed by atoms with E-state index in [-0.39, 0.29) is 5.91 Å². The summed E-state index contributed by atoms with van der Waals surface area (Å²) in [6.45, 7) is 2.45. The molecule has 0 radical (unpaired) electrons. The van der Waals surface area contributed by atoms with Crippen LogP contribution in [0.1, 0.15) is 40.7 Å². The largest absolute Gasteiger partial charge is 0.477 e. The number of hydrogen-bond donors (Lipinski definition) is 2. The number of nitrogens with one attached hydrogen (secondary N) is 1. The average Bonchev–Trinajstić information content (AvgIpc) is 2.72. The fourth-order valence-corrected chi connectivity index (χ4v) is 1.99. The van der Waals surface area contributed by atoms with Crippen molar-refractivity contribution >= 4 is 23.2 Å². The highest BCUT2D eigenvalue weighted by atomic mass is 32.1. The van der Waals surface area contributed by atoms with Crippen molar-refractivity contribution in [2.75, 3.05) is 0 Å². The minimum Gasteiger partial charge on any atom is -0.477 e. The molecule has 0 fully saturated rings. The minimum absolute atomic E-state index is 0.0205. The standard InChI is InChI=1S/C11H15NO3S/c1-2-3-4-10(13)12-7-8-5-6-9(16-8)11(14)15/h5-6H,2-4,7H2,1H3,(H,12,13)(H,14,15). The molecular weight excluding hydrogens is 226 g/mol. The van der Waals surface area contributed by atoms with E-state index in [0.717, 1.165) is 17.7 Å². The molecule has 2 N–H and O–H groups in total. The lowest BCUT2D eigenvalue weighted by Crippen LogP contribution is -2.21. The number of thiophene rings is 1. The second-order valence-corrected chi connectivity index (χ2v) is 4.62. The quantitative estimate of drug-likeness (QED) is 0.802. The van der Waals surface area contributed by atoms with Crippen LogP contribution in [0, 0.1) is 0 Å². The van der Waals surface area contributed by atoms with E-state index in [1.54, 1.807) is 12.1 Å². The zero-order chi connectivity index (χ0) is 12.0. The smallest absolute Gasteiger partial charge is 0.345 e. The first kappa shape index (κ1) is 12.7. The summed E-state index contributed by atoms with van der Waals surface area (Å²) in [5.41, 5.74) is 0. The van der Waals surface area contributed by atoms with Crippen LogP contribution in [0.25, 0.3) is 0 Å². The van der Waals surface area contributed by atoms with Crippen LogP contribution in [-0.4, -0.2) is 17.0 Å². The number of rotatable bonds is 6. The van der Waals surface area contributed by atoms with Gasteiger partial charge in [0, 0.05) is 11.3 Å². The van der Waals surface area contributed by atoms with Crippen LogP contribution in [0.4, 0.5) is 0 Å². The van der Waals surface area contributed by atoms with Crippen LogP contribution in [0.15, 0.2) is 12.1 Å². The van der Waals surface area contributed by atoms with Crippen molar-refractivity contribution in [3.63, 3.8) is 0 Å². The highest BCUT2D eigenvalue weighted by Crippen LogP contribution is 2.16. The molecule has 16 heavy (non-hydrogen) atoms. The second kappa shape index (κ2) is 6.27. The molecule has 1 aromatic rings. The van der Waals surface area contributed by atoms with Crippen molar-refractivity contribution in [2.24, 2.45) is 0 Å². The van der Waals surface area contributed by atoms with Gasteiger partial charge in [-0.15, -0.1) is 11.3 Å². The molecule has 1 rings (SSSR count). The molecule has 0 aliphatic heterocycles. The summed E-state index contributed by atoms with van der Waals surface area (Å²) >= 11 is 1.19. The number of unbranched alkanes of at least 4 members (excludes halogenated alkanes) is 1. The fourth-order valence-electron chi connectivity index (χ4n) is 1.20. The van der Waals surface area contributed by atoms with Gasteiger partial charge < -0.3 is 10.4 Å². The summed E-state index contributed by atoms with van der Waals surface area (Å²) in [6.07, 6.45) is 2.42. The Hall–Kier alpha value is -1.36. The molecule has 0 spiro atoms. The predicted octanol–water partition coefficient (Wildman–Crippen LogP) is 2.25. The van der Waals surface area contributed by atoms with Crippen LogP contribution in [0.2, 0.25) is 0 Å². The Morgan fingerprint density at radius 3 is 2.75 bits per heavy atom. The Morgan fingerprint density at radius 1 is 1.44 bits per heavy atom. The molecule has 4 nitrogen and oxygen atoms in total. The first-order valence-corrected chi connectivity index (χ1v) is 6.04. The van der Waals surface area contributed by atoms with E-state index < -0.39 is 5.97 Å². The molecule has 1 heterocycles. The number of carboxylic acid groups (broad SMARTS) is 1. The van der Waals surface area contributed by atoms with E-state index in [0.29, 0.717) is 17.8 Å². The molecule has 5 heteroatoms. The number of carbonyl (C=O) groups is 2. The van der Waals surface area contributed by atoms with Gasteiger partial charge in [-0.2, -0.15) is 0 Å². The maximum Gasteiger partial charge on any atom is 0.345 e. The molecular formula is C11H15NO3S.